The van der Waals surface area contributed by atoms with E-state index in [1.165, 1.54) is 11.1 Å². The van der Waals surface area contributed by atoms with Crippen LogP contribution in [0.15, 0.2) is 18.2 Å². The second-order valence-electron chi connectivity index (χ2n) is 6.30. The number of benzene rings is 1. The van der Waals surface area contributed by atoms with Crippen LogP contribution in [0.5, 0.6) is 0 Å². The van der Waals surface area contributed by atoms with Crippen molar-refractivity contribution in [2.45, 2.75) is 45.6 Å². The summed E-state index contributed by atoms with van der Waals surface area (Å²) in [5, 5.41) is 3.37. The molecule has 0 spiro atoms. The largest absolute Gasteiger partial charge is 0.342 e. The number of carbonyl (C=O) groups excluding carboxylic acids is 1. The first kappa shape index (κ1) is 15.0. The first-order valence-corrected chi connectivity index (χ1v) is 7.46. The standard InChI is InChI=1S/C17H26N2O/c1-13-5-6-14(2)15(11-13)12-16(20)19-9-7-17(3,18-4)8-10-19/h5-6,11,18H,7-10,12H2,1-4H3. The summed E-state index contributed by atoms with van der Waals surface area (Å²) in [4.78, 5) is 14.5. The fourth-order valence-corrected chi connectivity index (χ4v) is 2.77. The van der Waals surface area contributed by atoms with Crippen molar-refractivity contribution in [1.29, 1.82) is 0 Å². The van der Waals surface area contributed by atoms with E-state index in [0.717, 1.165) is 31.5 Å². The Kier molecular flexibility index (Phi) is 4.48. The third kappa shape index (κ3) is 3.40. The van der Waals surface area contributed by atoms with Gasteiger partial charge in [0.2, 0.25) is 5.91 Å². The van der Waals surface area contributed by atoms with Gasteiger partial charge in [0, 0.05) is 18.6 Å². The van der Waals surface area contributed by atoms with E-state index in [4.69, 9.17) is 0 Å². The number of piperidine rings is 1. The molecule has 1 aromatic carbocycles. The van der Waals surface area contributed by atoms with Crippen LogP contribution in [-0.4, -0.2) is 36.5 Å². The molecule has 1 saturated heterocycles. The number of rotatable bonds is 3. The van der Waals surface area contributed by atoms with Gasteiger partial charge in [-0.3, -0.25) is 4.79 Å². The van der Waals surface area contributed by atoms with Crippen LogP contribution in [0.4, 0.5) is 0 Å². The van der Waals surface area contributed by atoms with Gasteiger partial charge in [-0.15, -0.1) is 0 Å². The number of nitrogens with zero attached hydrogens (tertiary/aromatic N) is 1. The van der Waals surface area contributed by atoms with E-state index in [9.17, 15) is 4.79 Å². The molecule has 3 heteroatoms. The number of hydrogen-bond donors (Lipinski definition) is 1. The molecule has 0 bridgehead atoms. The molecule has 1 amide bonds. The normalized spacial score (nSPS) is 18.1. The van der Waals surface area contributed by atoms with Gasteiger partial charge in [0.15, 0.2) is 0 Å². The minimum atomic E-state index is 0.191. The molecule has 0 aromatic heterocycles. The topological polar surface area (TPSA) is 32.3 Å². The number of aryl methyl sites for hydroxylation is 2. The Morgan fingerprint density at radius 1 is 1.30 bits per heavy atom. The molecule has 1 N–H and O–H groups in total. The lowest BCUT2D eigenvalue weighted by Gasteiger charge is -2.39. The second-order valence-corrected chi connectivity index (χ2v) is 6.30. The minimum absolute atomic E-state index is 0.191. The average molecular weight is 274 g/mol. The van der Waals surface area contributed by atoms with Crippen molar-refractivity contribution in [2.24, 2.45) is 0 Å². The van der Waals surface area contributed by atoms with Gasteiger partial charge in [0.25, 0.3) is 0 Å². The molecular formula is C17H26N2O. The summed E-state index contributed by atoms with van der Waals surface area (Å²) < 4.78 is 0. The molecule has 110 valence electrons. The summed E-state index contributed by atoms with van der Waals surface area (Å²) in [5.41, 5.74) is 3.79. The van der Waals surface area contributed by atoms with Crippen molar-refractivity contribution in [3.63, 3.8) is 0 Å². The van der Waals surface area contributed by atoms with E-state index in [2.05, 4.69) is 44.3 Å². The fraction of sp³-hybridized carbons (Fsp3) is 0.588. The number of hydrogen-bond acceptors (Lipinski definition) is 2. The minimum Gasteiger partial charge on any atom is -0.342 e. The molecule has 3 nitrogen and oxygen atoms in total. The van der Waals surface area contributed by atoms with E-state index < -0.39 is 0 Å². The summed E-state index contributed by atoms with van der Waals surface area (Å²) >= 11 is 0. The van der Waals surface area contributed by atoms with Crippen LogP contribution in [0.1, 0.15) is 36.5 Å². The van der Waals surface area contributed by atoms with Gasteiger partial charge < -0.3 is 10.2 Å². The molecule has 0 radical (unpaired) electrons. The monoisotopic (exact) mass is 274 g/mol. The van der Waals surface area contributed by atoms with Crippen molar-refractivity contribution in [2.75, 3.05) is 20.1 Å². The molecule has 1 fully saturated rings. The Balaban J connectivity index is 1.98. The highest BCUT2D eigenvalue weighted by Gasteiger charge is 2.30. The van der Waals surface area contributed by atoms with Crippen LogP contribution in [0.3, 0.4) is 0 Å². The summed E-state index contributed by atoms with van der Waals surface area (Å²) in [5.74, 6) is 0.261. The number of carbonyl (C=O) groups is 1. The predicted octanol–water partition coefficient (Wildman–Crippen LogP) is 2.45. The molecule has 20 heavy (non-hydrogen) atoms. The van der Waals surface area contributed by atoms with Crippen LogP contribution >= 0.6 is 0 Å². The first-order chi connectivity index (χ1) is 9.43. The van der Waals surface area contributed by atoms with Crippen LogP contribution < -0.4 is 5.32 Å². The van der Waals surface area contributed by atoms with Gasteiger partial charge in [-0.05, 0) is 51.8 Å². The molecule has 2 rings (SSSR count). The van der Waals surface area contributed by atoms with E-state index in [-0.39, 0.29) is 11.4 Å². The van der Waals surface area contributed by atoms with Crippen molar-refractivity contribution in [3.05, 3.63) is 34.9 Å². The van der Waals surface area contributed by atoms with E-state index in [1.54, 1.807) is 0 Å². The van der Waals surface area contributed by atoms with Gasteiger partial charge >= 0.3 is 0 Å². The quantitative estimate of drug-likeness (QED) is 0.918. The zero-order valence-corrected chi connectivity index (χ0v) is 13.1. The highest BCUT2D eigenvalue weighted by atomic mass is 16.2. The third-order valence-corrected chi connectivity index (χ3v) is 4.67. The van der Waals surface area contributed by atoms with Crippen LogP contribution in [-0.2, 0) is 11.2 Å². The third-order valence-electron chi connectivity index (χ3n) is 4.67. The Bertz CT molecular complexity index is 488. The average Bonchev–Trinajstić information content (AvgIpc) is 2.43. The van der Waals surface area contributed by atoms with Crippen molar-refractivity contribution < 1.29 is 4.79 Å². The van der Waals surface area contributed by atoms with E-state index in [0.29, 0.717) is 6.42 Å². The molecule has 1 heterocycles. The summed E-state index contributed by atoms with van der Waals surface area (Å²) in [6, 6.07) is 6.34. The predicted molar refractivity (Wildman–Crippen MR) is 82.9 cm³/mol. The van der Waals surface area contributed by atoms with Crippen molar-refractivity contribution >= 4 is 5.91 Å². The van der Waals surface area contributed by atoms with Gasteiger partial charge in [0.05, 0.1) is 6.42 Å². The van der Waals surface area contributed by atoms with Gasteiger partial charge in [0.1, 0.15) is 0 Å². The fourth-order valence-electron chi connectivity index (χ4n) is 2.77. The molecular weight excluding hydrogens is 248 g/mol. The van der Waals surface area contributed by atoms with Gasteiger partial charge in [-0.1, -0.05) is 23.8 Å². The maximum Gasteiger partial charge on any atom is 0.227 e. The highest BCUT2D eigenvalue weighted by molar-refractivity contribution is 5.79. The van der Waals surface area contributed by atoms with Gasteiger partial charge in [-0.2, -0.15) is 0 Å². The lowest BCUT2D eigenvalue weighted by molar-refractivity contribution is -0.132. The van der Waals surface area contributed by atoms with E-state index in [1.807, 2.05) is 11.9 Å². The van der Waals surface area contributed by atoms with Crippen molar-refractivity contribution in [1.82, 2.24) is 10.2 Å². The lowest BCUT2D eigenvalue weighted by atomic mass is 9.89. The Labute approximate surface area is 122 Å². The highest BCUT2D eigenvalue weighted by Crippen LogP contribution is 2.22. The zero-order valence-electron chi connectivity index (χ0n) is 13.1. The number of likely N-dealkylation sites (tertiary alicyclic amines) is 1. The SMILES string of the molecule is CNC1(C)CCN(C(=O)Cc2cc(C)ccc2C)CC1. The van der Waals surface area contributed by atoms with Crippen LogP contribution in [0.25, 0.3) is 0 Å². The molecule has 0 saturated carbocycles. The summed E-state index contributed by atoms with van der Waals surface area (Å²) in [7, 11) is 2.01. The molecule has 1 aromatic rings. The van der Waals surface area contributed by atoms with Crippen LogP contribution in [0.2, 0.25) is 0 Å². The second kappa shape index (κ2) is 5.96. The Morgan fingerprint density at radius 3 is 2.55 bits per heavy atom. The van der Waals surface area contributed by atoms with Crippen LogP contribution in [0, 0.1) is 13.8 Å². The summed E-state index contributed by atoms with van der Waals surface area (Å²) in [6.45, 7) is 8.12. The molecule has 1 aliphatic rings. The maximum atomic E-state index is 12.4. The van der Waals surface area contributed by atoms with Crippen molar-refractivity contribution in [3.8, 4) is 0 Å². The molecule has 0 aliphatic carbocycles. The first-order valence-electron chi connectivity index (χ1n) is 7.46. The van der Waals surface area contributed by atoms with Gasteiger partial charge in [-0.25, -0.2) is 0 Å². The Morgan fingerprint density at radius 2 is 1.95 bits per heavy atom. The summed E-state index contributed by atoms with van der Waals surface area (Å²) in [6.07, 6.45) is 2.59. The van der Waals surface area contributed by atoms with E-state index >= 15 is 0 Å². The number of nitrogens with one attached hydrogen (secondary N) is 1. The maximum absolute atomic E-state index is 12.4. The zero-order chi connectivity index (χ0) is 14.8. The Hall–Kier alpha value is -1.35. The molecule has 1 aliphatic heterocycles. The number of amides is 1. The molecule has 0 atom stereocenters. The molecule has 0 unspecified atom stereocenters. The lowest BCUT2D eigenvalue weighted by Crippen LogP contribution is -2.51. The smallest absolute Gasteiger partial charge is 0.227 e.